The first-order valence-corrected chi connectivity index (χ1v) is 19.3. The molecule has 19 heteroatoms. The fourth-order valence-corrected chi connectivity index (χ4v) is 6.77. The summed E-state index contributed by atoms with van der Waals surface area (Å²) < 4.78 is 0. The molecule has 56 heavy (non-hydrogen) atoms. The van der Waals surface area contributed by atoms with Crippen LogP contribution in [0.3, 0.4) is 0 Å². The van der Waals surface area contributed by atoms with Gasteiger partial charge in [-0.25, -0.2) is 0 Å². The van der Waals surface area contributed by atoms with Crippen LogP contribution in [0.15, 0.2) is 30.3 Å². The van der Waals surface area contributed by atoms with E-state index in [9.17, 15) is 38.7 Å². The predicted octanol–water partition coefficient (Wildman–Crippen LogP) is -2.31. The zero-order valence-corrected chi connectivity index (χ0v) is 32.2. The number of nitrogens with zero attached hydrogens (tertiary/aromatic N) is 1. The largest absolute Gasteiger partial charge is 0.376 e. The van der Waals surface area contributed by atoms with E-state index in [2.05, 4.69) is 37.2 Å². The molecule has 1 unspecified atom stereocenters. The molecule has 1 aromatic carbocycles. The van der Waals surface area contributed by atoms with Crippen LogP contribution in [0.4, 0.5) is 0 Å². The molecule has 0 aromatic heterocycles. The van der Waals surface area contributed by atoms with E-state index in [0.29, 0.717) is 24.8 Å². The maximum Gasteiger partial charge on any atom is 0.243 e. The standard InChI is InChI=1S/C37H59N11O8/c1-3-4-12-25(43-22(2)49)32(52)46-27-15-16-30(50)41-19-17-24(31(38)51)44-33(53)26(13-8-18-42-37(39)40)45-34(54)28(21-23-10-6-5-7-11-23)47-35(55)29-14-9-20-48(29)36(27)56/h5-7,10-11,24-29,32,46,52H,3-4,8-9,12-21H2,1-2H3,(H2,38,51)(H,41,50)(H,43,49)(H,44,53)(H,45,54)(H,47,55)(H4,39,40,42)/t24-,25-,26-,27-,28+,29-,32?/m0/s1. The number of carbonyl (C=O) groups is 7. The van der Waals surface area contributed by atoms with E-state index in [1.807, 2.05) is 6.92 Å². The Balaban J connectivity index is 1.99. The number of hydrogen-bond donors (Lipinski definition) is 11. The Hall–Kier alpha value is -5.30. The Morgan fingerprint density at radius 3 is 2.32 bits per heavy atom. The van der Waals surface area contributed by atoms with Crippen molar-refractivity contribution >= 4 is 47.3 Å². The number of carbonyl (C=O) groups excluding carboxylic acids is 7. The van der Waals surface area contributed by atoms with E-state index in [1.165, 1.54) is 11.8 Å². The highest BCUT2D eigenvalue weighted by Gasteiger charge is 2.40. The van der Waals surface area contributed by atoms with Gasteiger partial charge in [-0.3, -0.25) is 44.3 Å². The molecule has 2 aliphatic rings. The Kier molecular flexibility index (Phi) is 18.5. The number of hydrogen-bond acceptors (Lipinski definition) is 10. The summed E-state index contributed by atoms with van der Waals surface area (Å²) in [7, 11) is 0. The minimum atomic E-state index is -1.37. The number of guanidine groups is 1. The van der Waals surface area contributed by atoms with Crippen molar-refractivity contribution in [2.45, 2.75) is 127 Å². The van der Waals surface area contributed by atoms with Crippen LogP contribution in [-0.2, 0) is 40.0 Å². The van der Waals surface area contributed by atoms with Crippen molar-refractivity contribution in [2.24, 2.45) is 11.5 Å². The molecule has 0 bridgehead atoms. The molecule has 0 aliphatic carbocycles. The fourth-order valence-electron chi connectivity index (χ4n) is 6.77. The van der Waals surface area contributed by atoms with Gasteiger partial charge in [0.15, 0.2) is 5.96 Å². The average Bonchev–Trinajstić information content (AvgIpc) is 3.65. The first kappa shape index (κ1) is 45.1. The molecule has 0 radical (unpaired) electrons. The highest BCUT2D eigenvalue weighted by Crippen LogP contribution is 2.21. The maximum absolute atomic E-state index is 14.3. The van der Waals surface area contributed by atoms with Gasteiger partial charge < -0.3 is 53.4 Å². The predicted molar refractivity (Wildman–Crippen MR) is 206 cm³/mol. The SMILES string of the molecule is CCCC[C@H](NC(C)=O)C(O)N[C@H]1CCC(=O)NCC[C@@H](C(N)=O)NC(=O)[C@H](CCCNC(=N)N)NC(=O)[C@@H](Cc2ccccc2)NC(=O)[C@@H]2CCCN2C1=O. The second kappa shape index (κ2) is 22.9. The third kappa shape index (κ3) is 14.7. The summed E-state index contributed by atoms with van der Waals surface area (Å²) in [6.45, 7) is 3.61. The van der Waals surface area contributed by atoms with Gasteiger partial charge in [0.05, 0.1) is 12.1 Å². The Bertz CT molecular complexity index is 1530. The van der Waals surface area contributed by atoms with E-state index in [0.717, 1.165) is 6.42 Å². The van der Waals surface area contributed by atoms with Crippen LogP contribution >= 0.6 is 0 Å². The third-order valence-corrected chi connectivity index (χ3v) is 9.76. The second-order valence-corrected chi connectivity index (χ2v) is 14.2. The fraction of sp³-hybridized carbons (Fsp3) is 0.622. The molecular formula is C37H59N11O8. The smallest absolute Gasteiger partial charge is 0.243 e. The molecule has 2 aliphatic heterocycles. The summed E-state index contributed by atoms with van der Waals surface area (Å²) in [6.07, 6.45) is 1.26. The molecule has 7 atom stereocenters. The molecule has 2 fully saturated rings. The summed E-state index contributed by atoms with van der Waals surface area (Å²) in [5, 5.41) is 37.7. The molecule has 2 heterocycles. The van der Waals surface area contributed by atoms with Gasteiger partial charge >= 0.3 is 0 Å². The molecule has 310 valence electrons. The number of fused-ring (bicyclic) bond motifs is 1. The molecule has 19 nitrogen and oxygen atoms in total. The minimum Gasteiger partial charge on any atom is -0.376 e. The van der Waals surface area contributed by atoms with Crippen molar-refractivity contribution in [3.05, 3.63) is 35.9 Å². The third-order valence-electron chi connectivity index (χ3n) is 9.76. The van der Waals surface area contributed by atoms with Gasteiger partial charge in [0.2, 0.25) is 41.4 Å². The monoisotopic (exact) mass is 785 g/mol. The van der Waals surface area contributed by atoms with Gasteiger partial charge in [0.1, 0.15) is 30.4 Å². The molecular weight excluding hydrogens is 726 g/mol. The summed E-state index contributed by atoms with van der Waals surface area (Å²) in [5.74, 6) is -4.59. The van der Waals surface area contributed by atoms with Crippen molar-refractivity contribution in [3.8, 4) is 0 Å². The van der Waals surface area contributed by atoms with E-state index < -0.39 is 77.9 Å². The van der Waals surface area contributed by atoms with Gasteiger partial charge in [0, 0.05) is 39.4 Å². The molecule has 0 saturated carbocycles. The zero-order valence-electron chi connectivity index (χ0n) is 32.2. The van der Waals surface area contributed by atoms with Crippen molar-refractivity contribution in [1.82, 2.24) is 42.1 Å². The quantitative estimate of drug-likeness (QED) is 0.0412. The van der Waals surface area contributed by atoms with Gasteiger partial charge in [-0.1, -0.05) is 50.1 Å². The van der Waals surface area contributed by atoms with Crippen LogP contribution in [-0.4, -0.2) is 119 Å². The number of nitrogens with two attached hydrogens (primary N) is 2. The van der Waals surface area contributed by atoms with E-state index in [1.54, 1.807) is 30.3 Å². The van der Waals surface area contributed by atoms with E-state index in [-0.39, 0.29) is 76.4 Å². The van der Waals surface area contributed by atoms with Crippen molar-refractivity contribution in [3.63, 3.8) is 0 Å². The number of primary amides is 1. The van der Waals surface area contributed by atoms with E-state index >= 15 is 0 Å². The topological polar surface area (TPSA) is 303 Å². The Labute approximate surface area is 327 Å². The lowest BCUT2D eigenvalue weighted by molar-refractivity contribution is -0.142. The molecule has 1 aromatic rings. The Morgan fingerprint density at radius 2 is 1.66 bits per heavy atom. The average molecular weight is 786 g/mol. The summed E-state index contributed by atoms with van der Waals surface area (Å²) in [4.78, 5) is 94.8. The van der Waals surface area contributed by atoms with Crippen LogP contribution in [0.2, 0.25) is 0 Å². The van der Waals surface area contributed by atoms with Crippen molar-refractivity contribution in [2.75, 3.05) is 19.6 Å². The summed E-state index contributed by atoms with van der Waals surface area (Å²) >= 11 is 0. The van der Waals surface area contributed by atoms with Gasteiger partial charge in [-0.2, -0.15) is 0 Å². The number of aliphatic hydroxyl groups excluding tert-OH is 1. The van der Waals surface area contributed by atoms with Crippen LogP contribution < -0.4 is 48.7 Å². The maximum atomic E-state index is 14.3. The lowest BCUT2D eigenvalue weighted by atomic mass is 10.0. The second-order valence-electron chi connectivity index (χ2n) is 14.2. The van der Waals surface area contributed by atoms with Crippen molar-refractivity contribution in [1.29, 1.82) is 5.41 Å². The molecule has 3 rings (SSSR count). The number of aliphatic hydroxyl groups is 1. The number of nitrogens with one attached hydrogen (secondary N) is 8. The van der Waals surface area contributed by atoms with Crippen LogP contribution in [0, 0.1) is 5.41 Å². The zero-order chi connectivity index (χ0) is 41.2. The minimum absolute atomic E-state index is 0.0374. The molecule has 0 spiro atoms. The summed E-state index contributed by atoms with van der Waals surface area (Å²) in [6, 6.07) is 2.39. The number of amides is 7. The van der Waals surface area contributed by atoms with Gasteiger partial charge in [0.25, 0.3) is 0 Å². The number of benzene rings is 1. The van der Waals surface area contributed by atoms with E-state index in [4.69, 9.17) is 16.9 Å². The highest BCUT2D eigenvalue weighted by atomic mass is 16.3. The molecule has 7 amide bonds. The van der Waals surface area contributed by atoms with Gasteiger partial charge in [-0.15, -0.1) is 0 Å². The molecule has 13 N–H and O–H groups in total. The Morgan fingerprint density at radius 1 is 0.964 bits per heavy atom. The van der Waals surface area contributed by atoms with Gasteiger partial charge in [-0.05, 0) is 50.5 Å². The first-order chi connectivity index (χ1) is 26.7. The lowest BCUT2D eigenvalue weighted by Crippen LogP contribution is -2.60. The van der Waals surface area contributed by atoms with Crippen molar-refractivity contribution < 1.29 is 38.7 Å². The molecule has 2 saturated heterocycles. The lowest BCUT2D eigenvalue weighted by Gasteiger charge is -2.33. The van der Waals surface area contributed by atoms with Crippen LogP contribution in [0.5, 0.6) is 0 Å². The van der Waals surface area contributed by atoms with Crippen LogP contribution in [0.25, 0.3) is 0 Å². The normalized spacial score (nSPS) is 24.1. The van der Waals surface area contributed by atoms with Crippen LogP contribution in [0.1, 0.15) is 83.6 Å². The number of unbranched alkanes of at least 4 members (excludes halogenated alkanes) is 1. The summed E-state index contributed by atoms with van der Waals surface area (Å²) in [5.41, 5.74) is 11.7. The first-order valence-electron chi connectivity index (χ1n) is 19.3. The highest BCUT2D eigenvalue weighted by molar-refractivity contribution is 5.96. The number of rotatable bonds is 14.